The predicted molar refractivity (Wildman–Crippen MR) is 118 cm³/mol. The van der Waals surface area contributed by atoms with E-state index >= 15 is 0 Å². The summed E-state index contributed by atoms with van der Waals surface area (Å²) in [4.78, 5) is 38.6. The van der Waals surface area contributed by atoms with E-state index in [-0.39, 0.29) is 25.5 Å². The quantitative estimate of drug-likeness (QED) is 0.654. The molecule has 1 N–H and O–H groups in total. The van der Waals surface area contributed by atoms with E-state index in [1.54, 1.807) is 23.1 Å². The highest BCUT2D eigenvalue weighted by molar-refractivity contribution is 6.00. The number of aryl methyl sites for hydroxylation is 1. The Morgan fingerprint density at radius 2 is 1.87 bits per heavy atom. The summed E-state index contributed by atoms with van der Waals surface area (Å²) in [6, 6.07) is 12.8. The molecule has 1 aliphatic rings. The van der Waals surface area contributed by atoms with Crippen molar-refractivity contribution in [3.05, 3.63) is 53.6 Å². The standard InChI is InChI=1S/C24H28N2O5/c1-4-12-30-20-10-8-19(9-11-20)26-14-18(13-23(26)28)24(29)31-15-22(27)25-21-7-5-6-16(2)17(21)3/h5-11,18H,4,12-15H2,1-3H3,(H,25,27)/t18-/m1/s1. The van der Waals surface area contributed by atoms with Crippen LogP contribution in [0, 0.1) is 19.8 Å². The Hall–Kier alpha value is -3.35. The fourth-order valence-corrected chi connectivity index (χ4v) is 3.38. The van der Waals surface area contributed by atoms with Crippen molar-refractivity contribution in [3.63, 3.8) is 0 Å². The van der Waals surface area contributed by atoms with E-state index < -0.39 is 17.8 Å². The van der Waals surface area contributed by atoms with Crippen LogP contribution in [0.4, 0.5) is 11.4 Å². The molecule has 0 spiro atoms. The number of benzene rings is 2. The van der Waals surface area contributed by atoms with Gasteiger partial charge in [0.2, 0.25) is 5.91 Å². The molecule has 2 amide bonds. The van der Waals surface area contributed by atoms with E-state index in [0.717, 1.165) is 23.3 Å². The largest absolute Gasteiger partial charge is 0.494 e. The first-order valence-corrected chi connectivity index (χ1v) is 10.4. The highest BCUT2D eigenvalue weighted by atomic mass is 16.5. The smallest absolute Gasteiger partial charge is 0.311 e. The molecule has 1 saturated heterocycles. The maximum Gasteiger partial charge on any atom is 0.311 e. The maximum atomic E-state index is 12.4. The summed E-state index contributed by atoms with van der Waals surface area (Å²) in [6.45, 7) is 6.38. The van der Waals surface area contributed by atoms with Crippen LogP contribution in [0.1, 0.15) is 30.9 Å². The molecule has 0 saturated carbocycles. The number of amides is 2. The molecule has 0 unspecified atom stereocenters. The molecular weight excluding hydrogens is 396 g/mol. The average Bonchev–Trinajstić information content (AvgIpc) is 3.16. The minimum atomic E-state index is -0.600. The first-order valence-electron chi connectivity index (χ1n) is 10.4. The molecule has 0 bridgehead atoms. The van der Waals surface area contributed by atoms with Crippen molar-refractivity contribution >= 4 is 29.2 Å². The fourth-order valence-electron chi connectivity index (χ4n) is 3.38. The molecule has 3 rings (SSSR count). The number of esters is 1. The number of ether oxygens (including phenoxy) is 2. The minimum absolute atomic E-state index is 0.0610. The molecule has 0 radical (unpaired) electrons. The summed E-state index contributed by atoms with van der Waals surface area (Å²) < 4.78 is 10.7. The van der Waals surface area contributed by atoms with Crippen LogP contribution in [0.2, 0.25) is 0 Å². The lowest BCUT2D eigenvalue weighted by Crippen LogP contribution is -2.28. The summed E-state index contributed by atoms with van der Waals surface area (Å²) in [5.74, 6) is -0.968. The topological polar surface area (TPSA) is 84.9 Å². The number of carbonyl (C=O) groups is 3. The number of nitrogens with zero attached hydrogens (tertiary/aromatic N) is 1. The lowest BCUT2D eigenvalue weighted by molar-refractivity contribution is -0.151. The molecule has 1 aliphatic heterocycles. The van der Waals surface area contributed by atoms with Crippen molar-refractivity contribution in [2.45, 2.75) is 33.6 Å². The zero-order chi connectivity index (χ0) is 22.4. The number of carbonyl (C=O) groups excluding carboxylic acids is 3. The normalized spacial score (nSPS) is 15.6. The molecule has 1 atom stereocenters. The van der Waals surface area contributed by atoms with Gasteiger partial charge in [-0.3, -0.25) is 14.4 Å². The van der Waals surface area contributed by atoms with Crippen molar-refractivity contribution in [2.75, 3.05) is 30.0 Å². The Labute approximate surface area is 182 Å². The van der Waals surface area contributed by atoms with Gasteiger partial charge < -0.3 is 19.7 Å². The number of hydrogen-bond acceptors (Lipinski definition) is 5. The van der Waals surface area contributed by atoms with Crippen LogP contribution in [-0.4, -0.2) is 37.5 Å². The highest BCUT2D eigenvalue weighted by Crippen LogP contribution is 2.27. The average molecular weight is 424 g/mol. The Morgan fingerprint density at radius 3 is 2.58 bits per heavy atom. The number of rotatable bonds is 8. The molecular formula is C24H28N2O5. The molecule has 0 aromatic heterocycles. The summed E-state index contributed by atoms with van der Waals surface area (Å²) in [5, 5.41) is 2.75. The van der Waals surface area contributed by atoms with Crippen LogP contribution < -0.4 is 15.0 Å². The van der Waals surface area contributed by atoms with Crippen LogP contribution in [0.25, 0.3) is 0 Å². The van der Waals surface area contributed by atoms with Gasteiger partial charge in [0, 0.05) is 24.3 Å². The van der Waals surface area contributed by atoms with Gasteiger partial charge in [-0.25, -0.2) is 0 Å². The van der Waals surface area contributed by atoms with Gasteiger partial charge >= 0.3 is 5.97 Å². The van der Waals surface area contributed by atoms with Crippen LogP contribution in [0.3, 0.4) is 0 Å². The first kappa shape index (κ1) is 22.3. The van der Waals surface area contributed by atoms with Gasteiger partial charge in [0.05, 0.1) is 12.5 Å². The molecule has 7 heteroatoms. The van der Waals surface area contributed by atoms with E-state index in [1.807, 2.05) is 45.0 Å². The maximum absolute atomic E-state index is 12.4. The lowest BCUT2D eigenvalue weighted by Gasteiger charge is -2.17. The molecule has 164 valence electrons. The van der Waals surface area contributed by atoms with Gasteiger partial charge in [-0.2, -0.15) is 0 Å². The Morgan fingerprint density at radius 1 is 1.13 bits per heavy atom. The van der Waals surface area contributed by atoms with Crippen LogP contribution in [-0.2, 0) is 19.1 Å². The van der Waals surface area contributed by atoms with E-state index in [2.05, 4.69) is 5.32 Å². The van der Waals surface area contributed by atoms with Gasteiger partial charge in [-0.15, -0.1) is 0 Å². The van der Waals surface area contributed by atoms with Crippen molar-refractivity contribution in [1.82, 2.24) is 0 Å². The zero-order valence-corrected chi connectivity index (χ0v) is 18.1. The van der Waals surface area contributed by atoms with Gasteiger partial charge in [0.25, 0.3) is 5.91 Å². The molecule has 0 aliphatic carbocycles. The Bertz CT molecular complexity index is 955. The van der Waals surface area contributed by atoms with Crippen LogP contribution >= 0.6 is 0 Å². The zero-order valence-electron chi connectivity index (χ0n) is 18.1. The van der Waals surface area contributed by atoms with E-state index in [4.69, 9.17) is 9.47 Å². The van der Waals surface area contributed by atoms with E-state index in [9.17, 15) is 14.4 Å². The van der Waals surface area contributed by atoms with Gasteiger partial charge in [0.1, 0.15) is 5.75 Å². The van der Waals surface area contributed by atoms with Crippen molar-refractivity contribution in [3.8, 4) is 5.75 Å². The molecule has 1 fully saturated rings. The van der Waals surface area contributed by atoms with Crippen LogP contribution in [0.5, 0.6) is 5.75 Å². The molecule has 7 nitrogen and oxygen atoms in total. The summed E-state index contributed by atoms with van der Waals surface area (Å²) in [5.41, 5.74) is 3.42. The molecule has 1 heterocycles. The van der Waals surface area contributed by atoms with E-state index in [1.165, 1.54) is 0 Å². The van der Waals surface area contributed by atoms with E-state index in [0.29, 0.717) is 18.0 Å². The van der Waals surface area contributed by atoms with Crippen molar-refractivity contribution in [2.24, 2.45) is 5.92 Å². The highest BCUT2D eigenvalue weighted by Gasteiger charge is 2.36. The second kappa shape index (κ2) is 10.1. The van der Waals surface area contributed by atoms with Gasteiger partial charge in [-0.05, 0) is 61.7 Å². The fraction of sp³-hybridized carbons (Fsp3) is 0.375. The van der Waals surface area contributed by atoms with Gasteiger partial charge in [-0.1, -0.05) is 19.1 Å². The Balaban J connectivity index is 1.51. The molecule has 2 aromatic rings. The summed E-state index contributed by atoms with van der Waals surface area (Å²) in [6.07, 6.45) is 0.976. The third kappa shape index (κ3) is 5.63. The third-order valence-electron chi connectivity index (χ3n) is 5.30. The minimum Gasteiger partial charge on any atom is -0.494 e. The number of hydrogen-bond donors (Lipinski definition) is 1. The summed E-state index contributed by atoms with van der Waals surface area (Å²) >= 11 is 0. The second-order valence-electron chi connectivity index (χ2n) is 7.65. The number of anilines is 2. The third-order valence-corrected chi connectivity index (χ3v) is 5.30. The first-order chi connectivity index (χ1) is 14.9. The predicted octanol–water partition coefficient (Wildman–Crippen LogP) is 3.63. The van der Waals surface area contributed by atoms with Crippen LogP contribution in [0.15, 0.2) is 42.5 Å². The molecule has 31 heavy (non-hydrogen) atoms. The van der Waals surface area contributed by atoms with Crippen molar-refractivity contribution < 1.29 is 23.9 Å². The summed E-state index contributed by atoms with van der Waals surface area (Å²) in [7, 11) is 0. The second-order valence-corrected chi connectivity index (χ2v) is 7.65. The molecule has 2 aromatic carbocycles. The van der Waals surface area contributed by atoms with Crippen molar-refractivity contribution in [1.29, 1.82) is 0 Å². The Kier molecular flexibility index (Phi) is 7.28. The number of nitrogens with one attached hydrogen (secondary N) is 1. The monoisotopic (exact) mass is 424 g/mol. The SMILES string of the molecule is CCCOc1ccc(N2C[C@H](C(=O)OCC(=O)Nc3cccc(C)c3C)CC2=O)cc1. The van der Waals surface area contributed by atoms with Gasteiger partial charge in [0.15, 0.2) is 6.61 Å². The lowest BCUT2D eigenvalue weighted by atomic mass is 10.1.